The summed E-state index contributed by atoms with van der Waals surface area (Å²) in [6.07, 6.45) is 5.09. The molecule has 2 unspecified atom stereocenters. The summed E-state index contributed by atoms with van der Waals surface area (Å²) in [4.78, 5) is 22.7. The molecule has 0 radical (unpaired) electrons. The minimum absolute atomic E-state index is 0.223. The lowest BCUT2D eigenvalue weighted by atomic mass is 10.2. The monoisotopic (exact) mass is 323 g/mol. The Morgan fingerprint density at radius 1 is 1.23 bits per heavy atom. The molecule has 6 heteroatoms. The van der Waals surface area contributed by atoms with Gasteiger partial charge in [-0.15, -0.1) is 0 Å². The van der Waals surface area contributed by atoms with Gasteiger partial charge < -0.3 is 15.2 Å². The van der Waals surface area contributed by atoms with Gasteiger partial charge in [0.25, 0.3) is 0 Å². The second-order valence-corrected chi connectivity index (χ2v) is 6.35. The quantitative estimate of drug-likeness (QED) is 0.871. The summed E-state index contributed by atoms with van der Waals surface area (Å²) in [6, 6.07) is 5.12. The van der Waals surface area contributed by atoms with Crippen molar-refractivity contribution >= 4 is 29.2 Å². The van der Waals surface area contributed by atoms with Crippen molar-refractivity contribution in [3.05, 3.63) is 23.2 Å². The highest BCUT2D eigenvalue weighted by Crippen LogP contribution is 2.40. The average Bonchev–Trinajstić information content (AvgIpc) is 3.13. The molecular formula is C16H18ClNO4. The van der Waals surface area contributed by atoms with E-state index in [1.54, 1.807) is 18.2 Å². The van der Waals surface area contributed by atoms with Crippen LogP contribution in [0.2, 0.25) is 5.02 Å². The van der Waals surface area contributed by atoms with Gasteiger partial charge in [-0.1, -0.05) is 11.6 Å². The fraction of sp³-hybridized carbons (Fsp3) is 0.500. The van der Waals surface area contributed by atoms with E-state index in [4.69, 9.17) is 21.4 Å². The van der Waals surface area contributed by atoms with Crippen molar-refractivity contribution in [3.63, 3.8) is 0 Å². The first kappa shape index (κ1) is 15.2. The number of benzene rings is 1. The Balaban J connectivity index is 1.59. The first-order valence-electron chi connectivity index (χ1n) is 7.54. The maximum atomic E-state index is 11.9. The molecule has 1 amide bonds. The Morgan fingerprint density at radius 2 is 1.95 bits per heavy atom. The first-order valence-corrected chi connectivity index (χ1v) is 7.92. The summed E-state index contributed by atoms with van der Waals surface area (Å²) in [5, 5.41) is 12.0. The molecule has 3 rings (SSSR count). The van der Waals surface area contributed by atoms with E-state index in [0.29, 0.717) is 22.9 Å². The van der Waals surface area contributed by atoms with Gasteiger partial charge in [0.1, 0.15) is 5.75 Å². The minimum atomic E-state index is -0.918. The van der Waals surface area contributed by atoms with Crippen molar-refractivity contribution in [3.8, 4) is 5.75 Å². The number of hydrogen-bond donors (Lipinski definition) is 2. The molecule has 2 saturated carbocycles. The van der Waals surface area contributed by atoms with E-state index in [2.05, 4.69) is 5.32 Å². The van der Waals surface area contributed by atoms with Crippen LogP contribution in [-0.4, -0.2) is 23.1 Å². The fourth-order valence-corrected chi connectivity index (χ4v) is 3.08. The van der Waals surface area contributed by atoms with E-state index < -0.39 is 17.8 Å². The number of amides is 1. The zero-order chi connectivity index (χ0) is 15.7. The van der Waals surface area contributed by atoms with Crippen molar-refractivity contribution in [2.45, 2.75) is 38.2 Å². The molecular weight excluding hydrogens is 306 g/mol. The van der Waals surface area contributed by atoms with Gasteiger partial charge in [-0.25, -0.2) is 0 Å². The molecule has 2 fully saturated rings. The molecule has 0 saturated heterocycles. The molecule has 1 aromatic rings. The Bertz CT molecular complexity index is 598. The zero-order valence-corrected chi connectivity index (χ0v) is 12.8. The van der Waals surface area contributed by atoms with Crippen molar-refractivity contribution in [2.75, 3.05) is 5.32 Å². The van der Waals surface area contributed by atoms with E-state index in [-0.39, 0.29) is 12.0 Å². The molecule has 0 spiro atoms. The van der Waals surface area contributed by atoms with Gasteiger partial charge in [0, 0.05) is 5.69 Å². The third-order valence-electron chi connectivity index (χ3n) is 4.24. The second kappa shape index (κ2) is 6.16. The van der Waals surface area contributed by atoms with Crippen LogP contribution in [0.5, 0.6) is 5.75 Å². The molecule has 2 aliphatic rings. The van der Waals surface area contributed by atoms with E-state index >= 15 is 0 Å². The Kier molecular flexibility index (Phi) is 4.25. The number of carbonyl (C=O) groups excluding carboxylic acids is 1. The molecule has 2 N–H and O–H groups in total. The fourth-order valence-electron chi connectivity index (χ4n) is 2.85. The number of carbonyl (C=O) groups is 2. The maximum Gasteiger partial charge on any atom is 0.307 e. The van der Waals surface area contributed by atoms with Gasteiger partial charge in [0.2, 0.25) is 5.91 Å². The van der Waals surface area contributed by atoms with E-state index in [1.165, 1.54) is 12.8 Å². The number of rotatable bonds is 5. The molecule has 1 aromatic carbocycles. The molecule has 0 aromatic heterocycles. The van der Waals surface area contributed by atoms with Crippen LogP contribution in [0.1, 0.15) is 32.1 Å². The van der Waals surface area contributed by atoms with E-state index in [9.17, 15) is 9.59 Å². The largest absolute Gasteiger partial charge is 0.489 e. The smallest absolute Gasteiger partial charge is 0.307 e. The molecule has 118 valence electrons. The standard InChI is InChI=1S/C16H18ClNO4/c17-13-7-9(18-15(19)11-8-12(11)16(20)21)5-6-14(13)22-10-3-1-2-4-10/h5-7,10-12H,1-4,8H2,(H,18,19)(H,20,21). The Labute approximate surface area is 133 Å². The van der Waals surface area contributed by atoms with E-state index in [0.717, 1.165) is 12.8 Å². The topological polar surface area (TPSA) is 75.6 Å². The average molecular weight is 324 g/mol. The SMILES string of the molecule is O=C(O)C1CC1C(=O)Nc1ccc(OC2CCCC2)c(Cl)c1. The molecule has 22 heavy (non-hydrogen) atoms. The van der Waals surface area contributed by atoms with Crippen LogP contribution in [0.25, 0.3) is 0 Å². The van der Waals surface area contributed by atoms with Crippen molar-refractivity contribution in [2.24, 2.45) is 11.8 Å². The summed E-state index contributed by atoms with van der Waals surface area (Å²) in [5.74, 6) is -1.56. The van der Waals surface area contributed by atoms with Crippen LogP contribution >= 0.6 is 11.6 Å². The van der Waals surface area contributed by atoms with Gasteiger partial charge >= 0.3 is 5.97 Å². The summed E-state index contributed by atoms with van der Waals surface area (Å²) in [5.41, 5.74) is 0.560. The van der Waals surface area contributed by atoms with Gasteiger partial charge in [0.15, 0.2) is 0 Å². The molecule has 5 nitrogen and oxygen atoms in total. The highest BCUT2D eigenvalue weighted by atomic mass is 35.5. The Hall–Kier alpha value is -1.75. The van der Waals surface area contributed by atoms with Crippen LogP contribution in [0.4, 0.5) is 5.69 Å². The van der Waals surface area contributed by atoms with Crippen LogP contribution < -0.4 is 10.1 Å². The van der Waals surface area contributed by atoms with Crippen molar-refractivity contribution in [1.29, 1.82) is 0 Å². The summed E-state index contributed by atoms with van der Waals surface area (Å²) in [6.45, 7) is 0. The number of ether oxygens (including phenoxy) is 1. The van der Waals surface area contributed by atoms with Gasteiger partial charge in [0.05, 0.1) is 23.0 Å². The molecule has 2 atom stereocenters. The van der Waals surface area contributed by atoms with Gasteiger partial charge in [-0.05, 0) is 50.3 Å². The highest BCUT2D eigenvalue weighted by Gasteiger charge is 2.48. The minimum Gasteiger partial charge on any atom is -0.489 e. The predicted molar refractivity (Wildman–Crippen MR) is 82.2 cm³/mol. The molecule has 0 bridgehead atoms. The third kappa shape index (κ3) is 3.35. The summed E-state index contributed by atoms with van der Waals surface area (Å²) >= 11 is 6.20. The number of nitrogens with one attached hydrogen (secondary N) is 1. The summed E-state index contributed by atoms with van der Waals surface area (Å²) in [7, 11) is 0. The first-order chi connectivity index (χ1) is 10.5. The molecule has 0 aliphatic heterocycles. The number of aliphatic carboxylic acids is 1. The lowest BCUT2D eigenvalue weighted by molar-refractivity contribution is -0.139. The van der Waals surface area contributed by atoms with Gasteiger partial charge in [-0.3, -0.25) is 9.59 Å². The van der Waals surface area contributed by atoms with Crippen molar-refractivity contribution in [1.82, 2.24) is 0 Å². The number of carboxylic acid groups (broad SMARTS) is 1. The second-order valence-electron chi connectivity index (χ2n) is 5.95. The van der Waals surface area contributed by atoms with Crippen molar-refractivity contribution < 1.29 is 19.4 Å². The van der Waals surface area contributed by atoms with Crippen LogP contribution in [-0.2, 0) is 9.59 Å². The lowest BCUT2D eigenvalue weighted by Gasteiger charge is -2.15. The maximum absolute atomic E-state index is 11.9. The molecule has 2 aliphatic carbocycles. The van der Waals surface area contributed by atoms with Crippen LogP contribution in [0, 0.1) is 11.8 Å². The van der Waals surface area contributed by atoms with E-state index in [1.807, 2.05) is 0 Å². The normalized spacial score (nSPS) is 24.0. The number of hydrogen-bond acceptors (Lipinski definition) is 3. The van der Waals surface area contributed by atoms with Crippen LogP contribution in [0.15, 0.2) is 18.2 Å². The zero-order valence-electron chi connectivity index (χ0n) is 12.0. The number of anilines is 1. The molecule has 0 heterocycles. The Morgan fingerprint density at radius 3 is 2.55 bits per heavy atom. The number of carboxylic acids is 1. The van der Waals surface area contributed by atoms with Gasteiger partial charge in [-0.2, -0.15) is 0 Å². The number of halogens is 1. The lowest BCUT2D eigenvalue weighted by Crippen LogP contribution is -2.17. The third-order valence-corrected chi connectivity index (χ3v) is 4.54. The predicted octanol–water partition coefficient (Wildman–Crippen LogP) is 3.32. The van der Waals surface area contributed by atoms with Crippen LogP contribution in [0.3, 0.4) is 0 Å². The highest BCUT2D eigenvalue weighted by molar-refractivity contribution is 6.32. The summed E-state index contributed by atoms with van der Waals surface area (Å²) < 4.78 is 5.85.